The van der Waals surface area contributed by atoms with Crippen LogP contribution in [0.3, 0.4) is 0 Å². The molecule has 0 atom stereocenters. The van der Waals surface area contributed by atoms with E-state index in [9.17, 15) is 9.59 Å². The minimum atomic E-state index is -0.985. The molecule has 6 heteroatoms. The van der Waals surface area contributed by atoms with E-state index in [2.05, 4.69) is 16.2 Å². The van der Waals surface area contributed by atoms with Crippen molar-refractivity contribution in [2.45, 2.75) is 0 Å². The van der Waals surface area contributed by atoms with E-state index >= 15 is 0 Å². The second-order valence-corrected chi connectivity index (χ2v) is 2.71. The lowest BCUT2D eigenvalue weighted by molar-refractivity contribution is 0.0697. The predicted molar refractivity (Wildman–Crippen MR) is 54.6 cm³/mol. The molecule has 1 aromatic rings. The summed E-state index contributed by atoms with van der Waals surface area (Å²) in [6, 6.07) is 5.61. The molecule has 15 heavy (non-hydrogen) atoms. The average Bonchev–Trinajstić information content (AvgIpc) is 2.26. The van der Waals surface area contributed by atoms with Gasteiger partial charge >= 0.3 is 12.0 Å². The standard InChI is InChI=1S/C9H11N3O3/c1-10-9(15)12-11-7-4-2-6(3-5-7)8(13)14/h2-5,11H,1H3,(H,13,14)(H2,10,12,15). The van der Waals surface area contributed by atoms with E-state index in [4.69, 9.17) is 5.11 Å². The van der Waals surface area contributed by atoms with E-state index in [0.29, 0.717) is 5.69 Å². The Morgan fingerprint density at radius 1 is 1.20 bits per heavy atom. The Kier molecular flexibility index (Phi) is 3.50. The van der Waals surface area contributed by atoms with Crippen LogP contribution in [0.1, 0.15) is 10.4 Å². The van der Waals surface area contributed by atoms with Gasteiger partial charge in [-0.15, -0.1) is 0 Å². The average molecular weight is 209 g/mol. The molecule has 2 amide bonds. The van der Waals surface area contributed by atoms with Gasteiger partial charge in [-0.25, -0.2) is 9.59 Å². The van der Waals surface area contributed by atoms with Crippen molar-refractivity contribution >= 4 is 17.7 Å². The van der Waals surface area contributed by atoms with Crippen LogP contribution in [0.5, 0.6) is 0 Å². The number of carboxylic acids is 1. The van der Waals surface area contributed by atoms with Gasteiger partial charge < -0.3 is 10.4 Å². The number of rotatable bonds is 3. The number of anilines is 1. The summed E-state index contributed by atoms with van der Waals surface area (Å²) in [4.78, 5) is 21.3. The fourth-order valence-electron chi connectivity index (χ4n) is 0.888. The van der Waals surface area contributed by atoms with Gasteiger partial charge in [0.15, 0.2) is 0 Å². The molecule has 0 saturated heterocycles. The molecule has 6 nitrogen and oxygen atoms in total. The lowest BCUT2D eigenvalue weighted by atomic mass is 10.2. The maximum atomic E-state index is 10.8. The van der Waals surface area contributed by atoms with Gasteiger partial charge in [-0.1, -0.05) is 0 Å². The van der Waals surface area contributed by atoms with Gasteiger partial charge in [0.2, 0.25) is 0 Å². The third kappa shape index (κ3) is 3.18. The third-order valence-electron chi connectivity index (χ3n) is 1.68. The summed E-state index contributed by atoms with van der Waals surface area (Å²) in [5.74, 6) is -0.985. The SMILES string of the molecule is CNC(=O)NNc1ccc(C(=O)O)cc1. The van der Waals surface area contributed by atoms with Crippen LogP contribution in [0.15, 0.2) is 24.3 Å². The third-order valence-corrected chi connectivity index (χ3v) is 1.68. The van der Waals surface area contributed by atoms with Gasteiger partial charge in [0.1, 0.15) is 0 Å². The number of aromatic carboxylic acids is 1. The highest BCUT2D eigenvalue weighted by Crippen LogP contribution is 2.07. The van der Waals surface area contributed by atoms with Crippen LogP contribution in [0.25, 0.3) is 0 Å². The highest BCUT2D eigenvalue weighted by atomic mass is 16.4. The summed E-state index contributed by atoms with van der Waals surface area (Å²) in [5, 5.41) is 11.0. The lowest BCUT2D eigenvalue weighted by Crippen LogP contribution is -2.36. The van der Waals surface area contributed by atoms with Gasteiger partial charge in [0, 0.05) is 7.05 Å². The summed E-state index contributed by atoms with van der Waals surface area (Å²) in [7, 11) is 1.49. The van der Waals surface area contributed by atoms with Crippen molar-refractivity contribution < 1.29 is 14.7 Å². The maximum absolute atomic E-state index is 10.8. The number of urea groups is 1. The molecular weight excluding hydrogens is 198 g/mol. The molecule has 0 spiro atoms. The first-order valence-corrected chi connectivity index (χ1v) is 4.20. The molecule has 0 heterocycles. The number of nitrogens with one attached hydrogen (secondary N) is 3. The first-order valence-electron chi connectivity index (χ1n) is 4.20. The highest BCUT2D eigenvalue weighted by Gasteiger charge is 2.01. The Hall–Kier alpha value is -2.24. The number of hydrogen-bond acceptors (Lipinski definition) is 3. The molecule has 0 saturated carbocycles. The van der Waals surface area contributed by atoms with Crippen LogP contribution in [0, 0.1) is 0 Å². The van der Waals surface area contributed by atoms with Gasteiger partial charge in [0.05, 0.1) is 11.3 Å². The smallest absolute Gasteiger partial charge is 0.335 e. The molecule has 0 aliphatic carbocycles. The molecule has 0 aliphatic heterocycles. The Morgan fingerprint density at radius 3 is 2.27 bits per heavy atom. The molecular formula is C9H11N3O3. The first-order chi connectivity index (χ1) is 7.13. The van der Waals surface area contributed by atoms with Crippen molar-refractivity contribution in [1.82, 2.24) is 10.7 Å². The van der Waals surface area contributed by atoms with E-state index < -0.39 is 5.97 Å². The van der Waals surface area contributed by atoms with E-state index in [0.717, 1.165) is 0 Å². The predicted octanol–water partition coefficient (Wildman–Crippen LogP) is 0.641. The Labute approximate surface area is 86.3 Å². The zero-order chi connectivity index (χ0) is 11.3. The number of amides is 2. The van der Waals surface area contributed by atoms with E-state index in [1.54, 1.807) is 12.1 Å². The zero-order valence-corrected chi connectivity index (χ0v) is 8.07. The molecule has 1 rings (SSSR count). The van der Waals surface area contributed by atoms with Gasteiger partial charge in [-0.3, -0.25) is 10.9 Å². The summed E-state index contributed by atoms with van der Waals surface area (Å²) in [6.45, 7) is 0. The van der Waals surface area contributed by atoms with Crippen molar-refractivity contribution in [2.24, 2.45) is 0 Å². The number of carbonyl (C=O) groups is 2. The van der Waals surface area contributed by atoms with Crippen molar-refractivity contribution in [3.05, 3.63) is 29.8 Å². The fraction of sp³-hybridized carbons (Fsp3) is 0.111. The maximum Gasteiger partial charge on any atom is 0.335 e. The fourth-order valence-corrected chi connectivity index (χ4v) is 0.888. The van der Waals surface area contributed by atoms with E-state index in [1.165, 1.54) is 19.2 Å². The summed E-state index contributed by atoms with van der Waals surface area (Å²) >= 11 is 0. The molecule has 0 unspecified atom stereocenters. The number of hydrogen-bond donors (Lipinski definition) is 4. The van der Waals surface area contributed by atoms with Gasteiger partial charge in [-0.2, -0.15) is 0 Å². The van der Waals surface area contributed by atoms with Crippen LogP contribution < -0.4 is 16.2 Å². The number of benzene rings is 1. The first kappa shape index (κ1) is 10.8. The molecule has 1 aromatic carbocycles. The molecule has 0 fully saturated rings. The van der Waals surface area contributed by atoms with Gasteiger partial charge in [0.25, 0.3) is 0 Å². The number of carbonyl (C=O) groups excluding carboxylic acids is 1. The van der Waals surface area contributed by atoms with Crippen molar-refractivity contribution in [2.75, 3.05) is 12.5 Å². The molecule has 80 valence electrons. The number of carboxylic acid groups (broad SMARTS) is 1. The Bertz CT molecular complexity index is 361. The van der Waals surface area contributed by atoms with Gasteiger partial charge in [-0.05, 0) is 24.3 Å². The molecule has 0 radical (unpaired) electrons. The summed E-state index contributed by atoms with van der Waals surface area (Å²) in [6.07, 6.45) is 0. The minimum Gasteiger partial charge on any atom is -0.478 e. The van der Waals surface area contributed by atoms with Crippen LogP contribution >= 0.6 is 0 Å². The molecule has 0 bridgehead atoms. The lowest BCUT2D eigenvalue weighted by Gasteiger charge is -2.07. The summed E-state index contributed by atoms with van der Waals surface area (Å²) < 4.78 is 0. The minimum absolute atomic E-state index is 0.195. The zero-order valence-electron chi connectivity index (χ0n) is 8.07. The van der Waals surface area contributed by atoms with E-state index in [1.807, 2.05) is 0 Å². The number of hydrazine groups is 1. The van der Waals surface area contributed by atoms with Crippen molar-refractivity contribution in [3.8, 4) is 0 Å². The molecule has 0 aliphatic rings. The second-order valence-electron chi connectivity index (χ2n) is 2.71. The highest BCUT2D eigenvalue weighted by molar-refractivity contribution is 5.88. The van der Waals surface area contributed by atoms with Crippen LogP contribution in [-0.4, -0.2) is 24.2 Å². The van der Waals surface area contributed by atoms with Crippen LogP contribution in [0.2, 0.25) is 0 Å². The summed E-state index contributed by atoms with van der Waals surface area (Å²) in [5.41, 5.74) is 5.75. The van der Waals surface area contributed by atoms with Crippen LogP contribution in [-0.2, 0) is 0 Å². The largest absolute Gasteiger partial charge is 0.478 e. The molecule has 4 N–H and O–H groups in total. The van der Waals surface area contributed by atoms with E-state index in [-0.39, 0.29) is 11.6 Å². The topological polar surface area (TPSA) is 90.5 Å². The Balaban J connectivity index is 2.57. The van der Waals surface area contributed by atoms with Crippen LogP contribution in [0.4, 0.5) is 10.5 Å². The monoisotopic (exact) mass is 209 g/mol. The normalized spacial score (nSPS) is 9.13. The quantitative estimate of drug-likeness (QED) is 0.550. The Morgan fingerprint density at radius 2 is 1.80 bits per heavy atom. The van der Waals surface area contributed by atoms with Crippen molar-refractivity contribution in [3.63, 3.8) is 0 Å². The molecule has 0 aromatic heterocycles. The van der Waals surface area contributed by atoms with Crippen molar-refractivity contribution in [1.29, 1.82) is 0 Å². The second kappa shape index (κ2) is 4.85.